The Kier molecular flexibility index (Phi) is 3.14. The van der Waals surface area contributed by atoms with E-state index >= 15 is 0 Å². The summed E-state index contributed by atoms with van der Waals surface area (Å²) in [5, 5.41) is 13.2. The van der Waals surface area contributed by atoms with Crippen LogP contribution in [0.1, 0.15) is 5.56 Å². The van der Waals surface area contributed by atoms with Gasteiger partial charge in [-0.3, -0.25) is 4.68 Å². The molecule has 0 radical (unpaired) electrons. The van der Waals surface area contributed by atoms with Crippen LogP contribution in [0.3, 0.4) is 0 Å². The maximum absolute atomic E-state index is 8.56. The number of hydrogen-bond acceptors (Lipinski definition) is 2. The van der Waals surface area contributed by atoms with Crippen LogP contribution >= 0.6 is 11.6 Å². The van der Waals surface area contributed by atoms with E-state index in [0.29, 0.717) is 10.6 Å². The maximum Gasteiger partial charge on any atom is 0.128 e. The number of aromatic nitrogens is 2. The highest BCUT2D eigenvalue weighted by molar-refractivity contribution is 6.32. The van der Waals surface area contributed by atoms with Gasteiger partial charge in [-0.05, 0) is 17.7 Å². The van der Waals surface area contributed by atoms with Crippen molar-refractivity contribution in [2.45, 2.75) is 6.54 Å². The summed E-state index contributed by atoms with van der Waals surface area (Å²) in [7, 11) is 0. The second-order valence-electron chi connectivity index (χ2n) is 3.42. The summed E-state index contributed by atoms with van der Waals surface area (Å²) >= 11 is 6.03. The Morgan fingerprint density at radius 2 is 2.24 bits per heavy atom. The Labute approximate surface area is 104 Å². The van der Waals surface area contributed by atoms with Gasteiger partial charge in [-0.1, -0.05) is 23.6 Å². The van der Waals surface area contributed by atoms with Crippen LogP contribution in [0.4, 0.5) is 0 Å². The predicted molar refractivity (Wildman–Crippen MR) is 66.2 cm³/mol. The lowest BCUT2D eigenvalue weighted by atomic mass is 10.1. The third-order valence-electron chi connectivity index (χ3n) is 2.32. The number of hydrogen-bond donors (Lipinski definition) is 0. The quantitative estimate of drug-likeness (QED) is 0.759. The molecule has 1 aromatic heterocycles. The molecule has 2 rings (SSSR count). The van der Waals surface area contributed by atoms with Crippen molar-refractivity contribution in [3.8, 4) is 29.5 Å². The number of terminal acetylenes is 1. The molecule has 0 N–H and O–H groups in total. The van der Waals surface area contributed by atoms with E-state index < -0.39 is 0 Å². The summed E-state index contributed by atoms with van der Waals surface area (Å²) in [4.78, 5) is 0. The average molecular weight is 242 g/mol. The van der Waals surface area contributed by atoms with E-state index in [1.165, 1.54) is 0 Å². The highest BCUT2D eigenvalue weighted by Gasteiger charge is 2.04. The van der Waals surface area contributed by atoms with Crippen LogP contribution in [0.5, 0.6) is 0 Å². The third kappa shape index (κ3) is 2.30. The second-order valence-corrected chi connectivity index (χ2v) is 3.83. The highest BCUT2D eigenvalue weighted by Crippen LogP contribution is 2.24. The minimum absolute atomic E-state index is 0.232. The van der Waals surface area contributed by atoms with E-state index in [1.807, 2.05) is 12.1 Å². The van der Waals surface area contributed by atoms with Crippen LogP contribution in [0.25, 0.3) is 11.1 Å². The summed E-state index contributed by atoms with van der Waals surface area (Å²) in [6, 6.07) is 7.50. The molecule has 0 bridgehead atoms. The summed E-state index contributed by atoms with van der Waals surface area (Å²) in [6.07, 6.45) is 8.79. The molecule has 0 spiro atoms. The fourth-order valence-corrected chi connectivity index (χ4v) is 1.72. The molecule has 0 aliphatic rings. The predicted octanol–water partition coefficient (Wildman–Crippen LogP) is 2.71. The minimum atomic E-state index is 0.232. The molecule has 4 heteroatoms. The first-order valence-corrected chi connectivity index (χ1v) is 5.28. The summed E-state index contributed by atoms with van der Waals surface area (Å²) in [5.41, 5.74) is 2.50. The Morgan fingerprint density at radius 3 is 2.88 bits per heavy atom. The average Bonchev–Trinajstić information content (AvgIpc) is 2.78. The Bertz CT molecular complexity index is 629. The van der Waals surface area contributed by atoms with E-state index in [4.69, 9.17) is 23.3 Å². The third-order valence-corrected chi connectivity index (χ3v) is 2.64. The van der Waals surface area contributed by atoms with Crippen LogP contribution in [0, 0.1) is 23.7 Å². The van der Waals surface area contributed by atoms with Gasteiger partial charge in [0.25, 0.3) is 0 Å². The molecule has 0 atom stereocenters. The van der Waals surface area contributed by atoms with Gasteiger partial charge in [0.1, 0.15) is 6.54 Å². The van der Waals surface area contributed by atoms with Crippen molar-refractivity contribution in [3.05, 3.63) is 41.2 Å². The molecule has 0 unspecified atom stereocenters. The van der Waals surface area contributed by atoms with Crippen molar-refractivity contribution in [1.82, 2.24) is 9.78 Å². The molecular formula is C13H8ClN3. The molecule has 17 heavy (non-hydrogen) atoms. The van der Waals surface area contributed by atoms with Crippen LogP contribution in [0.2, 0.25) is 5.02 Å². The summed E-state index contributed by atoms with van der Waals surface area (Å²) in [6.45, 7) is 0.232. The number of halogens is 1. The smallest absolute Gasteiger partial charge is 0.128 e. The van der Waals surface area contributed by atoms with E-state index in [1.54, 1.807) is 29.2 Å². The number of rotatable bonds is 2. The number of nitriles is 1. The van der Waals surface area contributed by atoms with E-state index in [-0.39, 0.29) is 6.54 Å². The normalized spacial score (nSPS) is 9.59. The van der Waals surface area contributed by atoms with Crippen LogP contribution < -0.4 is 0 Å². The summed E-state index contributed by atoms with van der Waals surface area (Å²) in [5.74, 6) is 2.50. The lowest BCUT2D eigenvalue weighted by Crippen LogP contribution is -1.93. The van der Waals surface area contributed by atoms with Crippen molar-refractivity contribution >= 4 is 11.6 Å². The van der Waals surface area contributed by atoms with Crippen LogP contribution in [-0.2, 0) is 6.54 Å². The molecule has 3 nitrogen and oxygen atoms in total. The minimum Gasteiger partial charge on any atom is -0.258 e. The van der Waals surface area contributed by atoms with Gasteiger partial charge >= 0.3 is 0 Å². The molecule has 0 fully saturated rings. The highest BCUT2D eigenvalue weighted by atomic mass is 35.5. The maximum atomic E-state index is 8.56. The lowest BCUT2D eigenvalue weighted by Gasteiger charge is -2.00. The van der Waals surface area contributed by atoms with Gasteiger partial charge in [-0.15, -0.1) is 6.42 Å². The van der Waals surface area contributed by atoms with Gasteiger partial charge < -0.3 is 0 Å². The Morgan fingerprint density at radius 1 is 1.41 bits per heavy atom. The molecule has 1 heterocycles. The molecule has 0 aliphatic heterocycles. The first-order valence-electron chi connectivity index (χ1n) is 4.90. The van der Waals surface area contributed by atoms with Gasteiger partial charge in [0.15, 0.2) is 0 Å². The van der Waals surface area contributed by atoms with E-state index in [0.717, 1.165) is 11.1 Å². The largest absolute Gasteiger partial charge is 0.258 e. The van der Waals surface area contributed by atoms with E-state index in [2.05, 4.69) is 11.0 Å². The van der Waals surface area contributed by atoms with Gasteiger partial charge in [0.05, 0.1) is 17.3 Å². The first-order chi connectivity index (χ1) is 8.24. The standard InChI is InChI=1S/C13H8ClN3/c1-2-10-3-4-11(7-13(10)14)12-8-16-17(9-12)6-5-15/h1,3-4,7-9H,6H2. The molecule has 1 aromatic carbocycles. The van der Waals surface area contributed by atoms with E-state index in [9.17, 15) is 0 Å². The van der Waals surface area contributed by atoms with Gasteiger partial charge in [-0.2, -0.15) is 10.4 Å². The zero-order chi connectivity index (χ0) is 12.3. The molecule has 2 aromatic rings. The van der Waals surface area contributed by atoms with Crippen molar-refractivity contribution in [2.24, 2.45) is 0 Å². The van der Waals surface area contributed by atoms with Crippen LogP contribution in [-0.4, -0.2) is 9.78 Å². The monoisotopic (exact) mass is 241 g/mol. The van der Waals surface area contributed by atoms with Crippen LogP contribution in [0.15, 0.2) is 30.6 Å². The van der Waals surface area contributed by atoms with Crippen molar-refractivity contribution in [1.29, 1.82) is 5.26 Å². The Hall–Kier alpha value is -2.23. The molecular weight excluding hydrogens is 234 g/mol. The molecule has 82 valence electrons. The van der Waals surface area contributed by atoms with Crippen molar-refractivity contribution < 1.29 is 0 Å². The van der Waals surface area contributed by atoms with Crippen molar-refractivity contribution in [3.63, 3.8) is 0 Å². The summed E-state index contributed by atoms with van der Waals surface area (Å²) < 4.78 is 1.57. The van der Waals surface area contributed by atoms with Gasteiger partial charge in [-0.25, -0.2) is 0 Å². The topological polar surface area (TPSA) is 41.6 Å². The first kappa shape index (κ1) is 11.3. The zero-order valence-electron chi connectivity index (χ0n) is 8.89. The zero-order valence-corrected chi connectivity index (χ0v) is 9.65. The fraction of sp³-hybridized carbons (Fsp3) is 0.0769. The molecule has 0 saturated heterocycles. The second kappa shape index (κ2) is 4.74. The molecule has 0 aliphatic carbocycles. The number of nitrogens with zero attached hydrogens (tertiary/aromatic N) is 3. The molecule has 0 saturated carbocycles. The Balaban J connectivity index is 2.37. The SMILES string of the molecule is C#Cc1ccc(-c2cnn(CC#N)c2)cc1Cl. The van der Waals surface area contributed by atoms with Gasteiger partial charge in [0.2, 0.25) is 0 Å². The number of benzene rings is 1. The lowest BCUT2D eigenvalue weighted by molar-refractivity contribution is 0.710. The van der Waals surface area contributed by atoms with Gasteiger partial charge in [0, 0.05) is 17.3 Å². The van der Waals surface area contributed by atoms with Crippen molar-refractivity contribution in [2.75, 3.05) is 0 Å². The molecule has 0 amide bonds. The fourth-order valence-electron chi connectivity index (χ4n) is 1.48.